The Morgan fingerprint density at radius 1 is 1.50 bits per heavy atom. The fourth-order valence-corrected chi connectivity index (χ4v) is 2.18. The van der Waals surface area contributed by atoms with Crippen LogP contribution < -0.4 is 5.32 Å². The highest BCUT2D eigenvalue weighted by molar-refractivity contribution is 9.10. The van der Waals surface area contributed by atoms with Crippen molar-refractivity contribution >= 4 is 38.5 Å². The first-order valence-corrected chi connectivity index (χ1v) is 5.11. The minimum absolute atomic E-state index is 0.171. The van der Waals surface area contributed by atoms with Crippen molar-refractivity contribution in [2.75, 3.05) is 11.9 Å². The summed E-state index contributed by atoms with van der Waals surface area (Å²) in [7, 11) is 0. The van der Waals surface area contributed by atoms with Crippen LogP contribution in [0.25, 0.3) is 0 Å². The van der Waals surface area contributed by atoms with Crippen LogP contribution in [0.15, 0.2) is 27.6 Å². The normalized spacial score (nSPS) is 15.2. The van der Waals surface area contributed by atoms with Crippen molar-refractivity contribution in [1.82, 2.24) is 0 Å². The van der Waals surface area contributed by atoms with Gasteiger partial charge in [0.25, 0.3) is 0 Å². The van der Waals surface area contributed by atoms with Crippen molar-refractivity contribution in [3.8, 4) is 0 Å². The Labute approximate surface area is 82.9 Å². The summed E-state index contributed by atoms with van der Waals surface area (Å²) in [5.74, 6) is 0. The number of thioether (sulfide) groups is 1. The molecule has 0 bridgehead atoms. The van der Waals surface area contributed by atoms with Gasteiger partial charge in [-0.25, -0.2) is 0 Å². The minimum atomic E-state index is 0.171. The van der Waals surface area contributed by atoms with Gasteiger partial charge in [0.1, 0.15) is 0 Å². The summed E-state index contributed by atoms with van der Waals surface area (Å²) in [5, 5.41) is 3.22. The van der Waals surface area contributed by atoms with Crippen molar-refractivity contribution in [1.29, 1.82) is 0 Å². The van der Waals surface area contributed by atoms with Gasteiger partial charge in [-0.05, 0) is 30.0 Å². The summed E-state index contributed by atoms with van der Waals surface area (Å²) < 4.78 is 1.03. The molecule has 1 aliphatic heterocycles. The lowest BCUT2D eigenvalue weighted by Crippen LogP contribution is -2.15. The minimum Gasteiger partial charge on any atom is -0.376 e. The molecule has 12 heavy (non-hydrogen) atoms. The van der Waals surface area contributed by atoms with Gasteiger partial charge in [0.2, 0.25) is 5.12 Å². The van der Waals surface area contributed by atoms with Crippen molar-refractivity contribution < 1.29 is 4.79 Å². The standard InChI is InChI=1S/C8H6BrNOS/c9-5-1-2-7-6(3-5)10-4-8(11)12-7/h1-3,10H,4H2. The summed E-state index contributed by atoms with van der Waals surface area (Å²) in [6, 6.07) is 5.86. The molecule has 0 atom stereocenters. The summed E-state index contributed by atoms with van der Waals surface area (Å²) in [5.41, 5.74) is 1.04. The molecular weight excluding hydrogens is 238 g/mol. The molecule has 0 aromatic heterocycles. The molecule has 2 rings (SSSR count). The zero-order valence-corrected chi connectivity index (χ0v) is 8.54. The van der Waals surface area contributed by atoms with Crippen LogP contribution >= 0.6 is 27.7 Å². The topological polar surface area (TPSA) is 29.1 Å². The Balaban J connectivity index is 2.43. The zero-order chi connectivity index (χ0) is 8.55. The van der Waals surface area contributed by atoms with Crippen LogP contribution in [0.4, 0.5) is 5.69 Å². The highest BCUT2D eigenvalue weighted by Gasteiger charge is 2.14. The quantitative estimate of drug-likeness (QED) is 0.760. The third-order valence-electron chi connectivity index (χ3n) is 1.59. The summed E-state index contributed by atoms with van der Waals surface area (Å²) in [6.45, 7) is 0.425. The number of carbonyl (C=O) groups excluding carboxylic acids is 1. The largest absolute Gasteiger partial charge is 0.376 e. The Hall–Kier alpha value is -0.480. The number of benzene rings is 1. The number of hydrogen-bond acceptors (Lipinski definition) is 3. The van der Waals surface area contributed by atoms with E-state index in [-0.39, 0.29) is 5.12 Å². The van der Waals surface area contributed by atoms with Gasteiger partial charge in [-0.1, -0.05) is 15.9 Å². The first-order chi connectivity index (χ1) is 5.75. The maximum absolute atomic E-state index is 11.0. The second kappa shape index (κ2) is 3.11. The summed E-state index contributed by atoms with van der Waals surface area (Å²) >= 11 is 4.67. The monoisotopic (exact) mass is 243 g/mol. The molecule has 0 fully saturated rings. The maximum Gasteiger partial charge on any atom is 0.212 e. The van der Waals surface area contributed by atoms with Gasteiger partial charge in [0, 0.05) is 15.1 Å². The van der Waals surface area contributed by atoms with Crippen LogP contribution in [0.5, 0.6) is 0 Å². The van der Waals surface area contributed by atoms with E-state index in [9.17, 15) is 4.79 Å². The number of halogens is 1. The number of hydrogen-bond donors (Lipinski definition) is 1. The van der Waals surface area contributed by atoms with Gasteiger partial charge in [0.05, 0.1) is 6.54 Å². The molecule has 62 valence electrons. The van der Waals surface area contributed by atoms with Gasteiger partial charge in [0.15, 0.2) is 0 Å². The number of fused-ring (bicyclic) bond motifs is 1. The average molecular weight is 244 g/mol. The van der Waals surface area contributed by atoms with E-state index in [1.54, 1.807) is 0 Å². The lowest BCUT2D eigenvalue weighted by atomic mass is 10.3. The predicted octanol–water partition coefficient (Wildman–Crippen LogP) is 2.49. The number of nitrogens with one attached hydrogen (secondary N) is 1. The maximum atomic E-state index is 11.0. The molecule has 0 unspecified atom stereocenters. The predicted molar refractivity (Wildman–Crippen MR) is 53.5 cm³/mol. The van der Waals surface area contributed by atoms with E-state index in [2.05, 4.69) is 21.2 Å². The molecule has 0 radical (unpaired) electrons. The summed E-state index contributed by atoms with van der Waals surface area (Å²) in [6.07, 6.45) is 0. The van der Waals surface area contributed by atoms with Crippen LogP contribution in [0.2, 0.25) is 0 Å². The molecular formula is C8H6BrNOS. The van der Waals surface area contributed by atoms with Crippen molar-refractivity contribution in [2.24, 2.45) is 0 Å². The smallest absolute Gasteiger partial charge is 0.212 e. The van der Waals surface area contributed by atoms with E-state index in [0.717, 1.165) is 15.1 Å². The SMILES string of the molecule is O=C1CNc2cc(Br)ccc2S1. The Morgan fingerprint density at radius 2 is 2.33 bits per heavy atom. The molecule has 1 aromatic carbocycles. The van der Waals surface area contributed by atoms with Gasteiger partial charge in [-0.3, -0.25) is 4.79 Å². The van der Waals surface area contributed by atoms with E-state index < -0.39 is 0 Å². The van der Waals surface area contributed by atoms with Crippen LogP contribution in [-0.2, 0) is 4.79 Å². The molecule has 1 aromatic rings. The molecule has 1 aliphatic rings. The van der Waals surface area contributed by atoms with Crippen LogP contribution in [-0.4, -0.2) is 11.7 Å². The fraction of sp³-hybridized carbons (Fsp3) is 0.125. The molecule has 0 saturated carbocycles. The highest BCUT2D eigenvalue weighted by Crippen LogP contribution is 2.33. The molecule has 4 heteroatoms. The first kappa shape index (κ1) is 8.13. The molecule has 0 saturated heterocycles. The average Bonchev–Trinajstić information content (AvgIpc) is 2.05. The second-order valence-corrected chi connectivity index (χ2v) is 4.48. The molecule has 0 spiro atoms. The number of anilines is 1. The third kappa shape index (κ3) is 1.49. The lowest BCUT2D eigenvalue weighted by Gasteiger charge is -2.15. The summed E-state index contributed by atoms with van der Waals surface area (Å²) in [4.78, 5) is 12.0. The highest BCUT2D eigenvalue weighted by atomic mass is 79.9. The van der Waals surface area contributed by atoms with Crippen LogP contribution in [0.1, 0.15) is 0 Å². The van der Waals surface area contributed by atoms with Gasteiger partial charge in [-0.2, -0.15) is 0 Å². The van der Waals surface area contributed by atoms with Crippen molar-refractivity contribution in [3.63, 3.8) is 0 Å². The van der Waals surface area contributed by atoms with Crippen LogP contribution in [0.3, 0.4) is 0 Å². The van der Waals surface area contributed by atoms with Crippen LogP contribution in [0, 0.1) is 0 Å². The lowest BCUT2D eigenvalue weighted by molar-refractivity contribution is -0.109. The molecule has 1 N–H and O–H groups in total. The van der Waals surface area contributed by atoms with E-state index >= 15 is 0 Å². The second-order valence-electron chi connectivity index (χ2n) is 2.47. The fourth-order valence-electron chi connectivity index (χ4n) is 1.06. The van der Waals surface area contributed by atoms with E-state index in [1.165, 1.54) is 11.8 Å². The zero-order valence-electron chi connectivity index (χ0n) is 6.13. The van der Waals surface area contributed by atoms with Gasteiger partial charge in [-0.15, -0.1) is 0 Å². The Morgan fingerprint density at radius 3 is 3.17 bits per heavy atom. The van der Waals surface area contributed by atoms with Crippen molar-refractivity contribution in [3.05, 3.63) is 22.7 Å². The van der Waals surface area contributed by atoms with Gasteiger partial charge < -0.3 is 5.32 Å². The molecule has 2 nitrogen and oxygen atoms in total. The molecule has 1 heterocycles. The molecule has 0 aliphatic carbocycles. The Kier molecular flexibility index (Phi) is 2.11. The Bertz CT molecular complexity index is 340. The van der Waals surface area contributed by atoms with E-state index in [4.69, 9.17) is 0 Å². The molecule has 0 amide bonds. The van der Waals surface area contributed by atoms with E-state index in [1.807, 2.05) is 18.2 Å². The third-order valence-corrected chi connectivity index (χ3v) is 3.03. The number of rotatable bonds is 0. The van der Waals surface area contributed by atoms with Gasteiger partial charge >= 0.3 is 0 Å². The number of carbonyl (C=O) groups is 1. The van der Waals surface area contributed by atoms with E-state index in [0.29, 0.717) is 6.54 Å². The van der Waals surface area contributed by atoms with Crippen molar-refractivity contribution in [2.45, 2.75) is 4.90 Å². The first-order valence-electron chi connectivity index (χ1n) is 3.50.